The zero-order chi connectivity index (χ0) is 27.1. The molecule has 0 spiro atoms. The van der Waals surface area contributed by atoms with Gasteiger partial charge in [0, 0.05) is 18.2 Å². The Bertz CT molecular complexity index is 1400. The van der Waals surface area contributed by atoms with E-state index in [1.165, 1.54) is 24.4 Å². The van der Waals surface area contributed by atoms with E-state index in [1.807, 2.05) is 0 Å². The molecule has 198 valence electrons. The second-order valence-electron chi connectivity index (χ2n) is 9.52. The largest absolute Gasteiger partial charge is 0.494 e. The number of rotatable bonds is 11. The highest BCUT2D eigenvalue weighted by Crippen LogP contribution is 2.28. The van der Waals surface area contributed by atoms with Gasteiger partial charge in [-0.3, -0.25) is 9.89 Å². The molecule has 3 N–H and O–H groups in total. The number of aromatic amines is 1. The minimum atomic E-state index is -0.714. The van der Waals surface area contributed by atoms with Crippen LogP contribution in [0.4, 0.5) is 14.6 Å². The number of amides is 1. The molecule has 0 atom stereocenters. The molecule has 2 aromatic heterocycles. The Kier molecular flexibility index (Phi) is 8.42. The maximum atomic E-state index is 14.7. The second-order valence-corrected chi connectivity index (χ2v) is 9.52. The van der Waals surface area contributed by atoms with Crippen LogP contribution in [0.1, 0.15) is 55.1 Å². The van der Waals surface area contributed by atoms with Crippen LogP contribution in [0.2, 0.25) is 0 Å². The van der Waals surface area contributed by atoms with E-state index in [0.717, 1.165) is 12.8 Å². The molecule has 2 aromatic carbocycles. The van der Waals surface area contributed by atoms with Crippen LogP contribution >= 0.6 is 0 Å². The highest BCUT2D eigenvalue weighted by Gasteiger charge is 2.16. The maximum Gasteiger partial charge on any atom is 0.296 e. The number of benzene rings is 2. The van der Waals surface area contributed by atoms with E-state index in [2.05, 4.69) is 25.5 Å². The zero-order valence-corrected chi connectivity index (χ0v) is 21.2. The van der Waals surface area contributed by atoms with E-state index in [9.17, 15) is 18.7 Å². The van der Waals surface area contributed by atoms with Gasteiger partial charge in [0.2, 0.25) is 5.82 Å². The number of pyridine rings is 1. The molecular formula is C28H29F2N5O3. The molecule has 0 bridgehead atoms. The standard InChI is InChI=1S/C28H29F2N5O3/c1-28(2,37)12-5-6-14-38-20-9-10-23(30)21(17-20)18-11-13-31-24(15-18)33-27(36)26-32-25(34-35-26)16-19-7-3-4-8-22(19)29/h3-4,7-11,13,15,17,37H,5-6,12,14,16H2,1-2H3,(H,31,33,36)(H,32,34,35). The van der Waals surface area contributed by atoms with Crippen LogP contribution in [0.3, 0.4) is 0 Å². The summed E-state index contributed by atoms with van der Waals surface area (Å²) in [6, 6.07) is 13.9. The van der Waals surface area contributed by atoms with E-state index >= 15 is 0 Å². The van der Waals surface area contributed by atoms with Gasteiger partial charge in [-0.25, -0.2) is 18.7 Å². The summed E-state index contributed by atoms with van der Waals surface area (Å²) in [6.45, 7) is 3.97. The molecule has 0 aliphatic carbocycles. The lowest BCUT2D eigenvalue weighted by Gasteiger charge is -2.16. The van der Waals surface area contributed by atoms with Gasteiger partial charge in [-0.2, -0.15) is 0 Å². The van der Waals surface area contributed by atoms with Gasteiger partial charge < -0.3 is 15.2 Å². The summed E-state index contributed by atoms with van der Waals surface area (Å²) < 4.78 is 34.3. The van der Waals surface area contributed by atoms with Crippen LogP contribution in [0, 0.1) is 11.6 Å². The molecule has 0 fully saturated rings. The SMILES string of the molecule is CC(C)(O)CCCCOc1ccc(F)c(-c2ccnc(NC(=O)c3n[nH]c(Cc4ccccc4F)n3)c2)c1. The first-order valence-electron chi connectivity index (χ1n) is 12.3. The predicted octanol–water partition coefficient (Wildman–Crippen LogP) is 5.31. The van der Waals surface area contributed by atoms with Crippen molar-refractivity contribution in [3.63, 3.8) is 0 Å². The number of hydrogen-bond donors (Lipinski definition) is 3. The average molecular weight is 522 g/mol. The minimum Gasteiger partial charge on any atom is -0.494 e. The number of aromatic nitrogens is 4. The molecule has 38 heavy (non-hydrogen) atoms. The Balaban J connectivity index is 1.40. The Morgan fingerprint density at radius 3 is 2.68 bits per heavy atom. The fourth-order valence-electron chi connectivity index (χ4n) is 3.80. The number of halogens is 2. The first-order valence-corrected chi connectivity index (χ1v) is 12.3. The van der Waals surface area contributed by atoms with Crippen molar-refractivity contribution in [2.45, 2.75) is 45.1 Å². The quantitative estimate of drug-likeness (QED) is 0.231. The number of ether oxygens (including phenoxy) is 1. The average Bonchev–Trinajstić information content (AvgIpc) is 3.34. The van der Waals surface area contributed by atoms with Gasteiger partial charge in [0.1, 0.15) is 29.0 Å². The van der Waals surface area contributed by atoms with Gasteiger partial charge in [0.15, 0.2) is 0 Å². The van der Waals surface area contributed by atoms with Crippen molar-refractivity contribution in [1.82, 2.24) is 20.2 Å². The number of anilines is 1. The molecule has 0 unspecified atom stereocenters. The van der Waals surface area contributed by atoms with Crippen LogP contribution in [0.5, 0.6) is 5.75 Å². The second kappa shape index (κ2) is 11.9. The first kappa shape index (κ1) is 26.9. The van der Waals surface area contributed by atoms with Crippen LogP contribution in [-0.4, -0.2) is 43.4 Å². The molecule has 8 nitrogen and oxygen atoms in total. The van der Waals surface area contributed by atoms with Gasteiger partial charge in [-0.15, -0.1) is 5.10 Å². The van der Waals surface area contributed by atoms with Crippen LogP contribution in [0.25, 0.3) is 11.1 Å². The zero-order valence-electron chi connectivity index (χ0n) is 21.2. The monoisotopic (exact) mass is 521 g/mol. The van der Waals surface area contributed by atoms with Crippen molar-refractivity contribution >= 4 is 11.7 Å². The summed E-state index contributed by atoms with van der Waals surface area (Å²) in [6.07, 6.45) is 3.83. The Labute approximate surface area is 219 Å². The number of nitrogens with one attached hydrogen (secondary N) is 2. The Morgan fingerprint density at radius 2 is 1.89 bits per heavy atom. The third-order valence-corrected chi connectivity index (χ3v) is 5.75. The Morgan fingerprint density at radius 1 is 1.08 bits per heavy atom. The van der Waals surface area contributed by atoms with Crippen molar-refractivity contribution in [1.29, 1.82) is 0 Å². The third-order valence-electron chi connectivity index (χ3n) is 5.75. The van der Waals surface area contributed by atoms with Crippen molar-refractivity contribution in [2.75, 3.05) is 11.9 Å². The summed E-state index contributed by atoms with van der Waals surface area (Å²) in [5.41, 5.74) is 0.499. The molecule has 0 aliphatic rings. The number of aliphatic hydroxyl groups is 1. The maximum absolute atomic E-state index is 14.7. The Hall–Kier alpha value is -4.18. The molecule has 10 heteroatoms. The summed E-state index contributed by atoms with van der Waals surface area (Å²) in [4.78, 5) is 20.9. The number of carbonyl (C=O) groups excluding carboxylic acids is 1. The normalized spacial score (nSPS) is 11.4. The molecule has 0 radical (unpaired) electrons. The van der Waals surface area contributed by atoms with Gasteiger partial charge >= 0.3 is 0 Å². The summed E-state index contributed by atoms with van der Waals surface area (Å²) in [7, 11) is 0. The fraction of sp³-hybridized carbons (Fsp3) is 0.286. The van der Waals surface area contributed by atoms with Crippen molar-refractivity contribution in [2.24, 2.45) is 0 Å². The number of nitrogens with zero attached hydrogens (tertiary/aromatic N) is 3. The fourth-order valence-corrected chi connectivity index (χ4v) is 3.80. The van der Waals surface area contributed by atoms with E-state index in [1.54, 1.807) is 50.2 Å². The molecule has 0 aliphatic heterocycles. The molecule has 0 saturated heterocycles. The number of hydrogen-bond acceptors (Lipinski definition) is 6. The van der Waals surface area contributed by atoms with Gasteiger partial charge in [0.05, 0.1) is 12.2 Å². The van der Waals surface area contributed by atoms with Crippen LogP contribution < -0.4 is 10.1 Å². The smallest absolute Gasteiger partial charge is 0.296 e. The lowest BCUT2D eigenvalue weighted by Crippen LogP contribution is -2.18. The molecule has 4 aromatic rings. The van der Waals surface area contributed by atoms with Crippen molar-refractivity contribution in [3.8, 4) is 16.9 Å². The van der Waals surface area contributed by atoms with Gasteiger partial charge in [-0.05, 0) is 80.6 Å². The van der Waals surface area contributed by atoms with Gasteiger partial charge in [-0.1, -0.05) is 18.2 Å². The van der Waals surface area contributed by atoms with E-state index in [0.29, 0.717) is 41.3 Å². The first-order chi connectivity index (χ1) is 18.2. The van der Waals surface area contributed by atoms with E-state index in [-0.39, 0.29) is 23.9 Å². The summed E-state index contributed by atoms with van der Waals surface area (Å²) in [5, 5.41) is 19.0. The number of H-pyrrole nitrogens is 1. The third kappa shape index (κ3) is 7.42. The highest BCUT2D eigenvalue weighted by atomic mass is 19.1. The molecular weight excluding hydrogens is 492 g/mol. The lowest BCUT2D eigenvalue weighted by atomic mass is 10.0. The predicted molar refractivity (Wildman–Crippen MR) is 139 cm³/mol. The van der Waals surface area contributed by atoms with Crippen LogP contribution in [0.15, 0.2) is 60.8 Å². The van der Waals surface area contributed by atoms with Crippen molar-refractivity contribution < 1.29 is 23.4 Å². The lowest BCUT2D eigenvalue weighted by molar-refractivity contribution is 0.0670. The minimum absolute atomic E-state index is 0.130. The molecule has 0 saturated carbocycles. The summed E-state index contributed by atoms with van der Waals surface area (Å²) >= 11 is 0. The van der Waals surface area contributed by atoms with E-state index < -0.39 is 17.3 Å². The highest BCUT2D eigenvalue weighted by molar-refractivity contribution is 6.01. The molecule has 1 amide bonds. The number of carbonyl (C=O) groups is 1. The van der Waals surface area contributed by atoms with Crippen LogP contribution in [-0.2, 0) is 6.42 Å². The topological polar surface area (TPSA) is 113 Å². The van der Waals surface area contributed by atoms with Gasteiger partial charge in [0.25, 0.3) is 5.91 Å². The molecule has 4 rings (SSSR count). The summed E-state index contributed by atoms with van der Waals surface area (Å²) in [5.74, 6) is -0.539. The van der Waals surface area contributed by atoms with Crippen molar-refractivity contribution in [3.05, 3.63) is 89.6 Å². The number of unbranched alkanes of at least 4 members (excludes halogenated alkanes) is 1. The van der Waals surface area contributed by atoms with E-state index in [4.69, 9.17) is 4.74 Å². The molecule has 2 heterocycles.